The number of cyclic esters (lactones) is 1. The number of rotatable bonds is 1. The number of carbonyl (C=O) groups excluding carboxylic acids is 2. The van der Waals surface area contributed by atoms with Crippen molar-refractivity contribution >= 4 is 38.7 Å². The number of ether oxygens (including phenoxy) is 1. The first-order valence-corrected chi connectivity index (χ1v) is 9.76. The zero-order valence-electron chi connectivity index (χ0n) is 14.5. The van der Waals surface area contributed by atoms with Crippen LogP contribution in [0, 0.1) is 0 Å². The molecular weight excluding hydrogens is 408 g/mol. The number of esters is 1. The van der Waals surface area contributed by atoms with E-state index in [-0.39, 0.29) is 5.91 Å². The fraction of sp³-hybridized carbons (Fsp3) is 0.238. The van der Waals surface area contributed by atoms with Gasteiger partial charge in [-0.05, 0) is 29.8 Å². The summed E-state index contributed by atoms with van der Waals surface area (Å²) >= 11 is 3.52. The van der Waals surface area contributed by atoms with Crippen LogP contribution in [0.3, 0.4) is 0 Å². The number of H-pyrrole nitrogens is 1. The van der Waals surface area contributed by atoms with Gasteiger partial charge in [0.25, 0.3) is 5.91 Å². The second-order valence-corrected chi connectivity index (χ2v) is 7.95. The van der Waals surface area contributed by atoms with E-state index in [0.29, 0.717) is 25.1 Å². The van der Waals surface area contributed by atoms with Crippen molar-refractivity contribution in [1.29, 1.82) is 0 Å². The molecule has 1 N–H and O–H groups in total. The van der Waals surface area contributed by atoms with Gasteiger partial charge in [0.2, 0.25) is 0 Å². The molecule has 0 saturated carbocycles. The third-order valence-electron chi connectivity index (χ3n) is 5.42. The lowest BCUT2D eigenvalue weighted by Gasteiger charge is -2.32. The van der Waals surface area contributed by atoms with Crippen LogP contribution in [0.5, 0.6) is 0 Å². The van der Waals surface area contributed by atoms with Crippen molar-refractivity contribution in [3.8, 4) is 0 Å². The summed E-state index contributed by atoms with van der Waals surface area (Å²) in [6.45, 7) is 1.15. The lowest BCUT2D eigenvalue weighted by Crippen LogP contribution is -2.46. The van der Waals surface area contributed by atoms with Crippen LogP contribution >= 0.6 is 15.9 Å². The maximum atomic E-state index is 13.1. The second-order valence-electron chi connectivity index (χ2n) is 7.04. The molecule has 3 aromatic rings. The van der Waals surface area contributed by atoms with E-state index in [9.17, 15) is 9.59 Å². The molecule has 0 radical (unpaired) electrons. The highest BCUT2D eigenvalue weighted by Gasteiger charge is 2.35. The smallest absolute Gasteiger partial charge is 0.339 e. The van der Waals surface area contributed by atoms with E-state index >= 15 is 0 Å². The zero-order valence-corrected chi connectivity index (χ0v) is 16.1. The van der Waals surface area contributed by atoms with Gasteiger partial charge in [-0.3, -0.25) is 4.79 Å². The molecule has 1 atom stereocenters. The number of hydrogen-bond acceptors (Lipinski definition) is 3. The molecule has 136 valence electrons. The monoisotopic (exact) mass is 424 g/mol. The Morgan fingerprint density at radius 1 is 1.22 bits per heavy atom. The van der Waals surface area contributed by atoms with E-state index in [1.54, 1.807) is 6.07 Å². The summed E-state index contributed by atoms with van der Waals surface area (Å²) in [4.78, 5) is 30.6. The average molecular weight is 425 g/mol. The summed E-state index contributed by atoms with van der Waals surface area (Å²) in [5.74, 6) is -0.531. The number of carbonyl (C=O) groups is 2. The zero-order chi connectivity index (χ0) is 18.5. The Morgan fingerprint density at radius 2 is 2.07 bits per heavy atom. The van der Waals surface area contributed by atoms with Crippen molar-refractivity contribution < 1.29 is 14.3 Å². The topological polar surface area (TPSA) is 62.4 Å². The van der Waals surface area contributed by atoms with Gasteiger partial charge in [0.05, 0.1) is 5.56 Å². The molecule has 0 bridgehead atoms. The molecule has 1 aromatic heterocycles. The molecule has 0 spiro atoms. The molecular formula is C21H17BrN2O3. The molecule has 0 aliphatic carbocycles. The minimum absolute atomic E-state index is 0.118. The van der Waals surface area contributed by atoms with Gasteiger partial charge >= 0.3 is 5.97 Å². The number of nitrogens with zero attached hydrogens (tertiary/aromatic N) is 1. The van der Waals surface area contributed by atoms with Crippen LogP contribution in [-0.4, -0.2) is 34.4 Å². The Morgan fingerprint density at radius 3 is 2.96 bits per heavy atom. The number of halogens is 1. The number of fused-ring (bicyclic) bond motifs is 4. The summed E-state index contributed by atoms with van der Waals surface area (Å²) < 4.78 is 6.47. The van der Waals surface area contributed by atoms with Crippen LogP contribution in [0.15, 0.2) is 46.9 Å². The van der Waals surface area contributed by atoms with Gasteiger partial charge in [0.15, 0.2) is 6.10 Å². The van der Waals surface area contributed by atoms with Crippen molar-refractivity contribution in [2.75, 3.05) is 6.54 Å². The maximum Gasteiger partial charge on any atom is 0.339 e. The van der Waals surface area contributed by atoms with Gasteiger partial charge in [-0.15, -0.1) is 0 Å². The molecule has 6 heteroatoms. The van der Waals surface area contributed by atoms with Gasteiger partial charge in [0.1, 0.15) is 0 Å². The summed E-state index contributed by atoms with van der Waals surface area (Å²) in [7, 11) is 0. The summed E-state index contributed by atoms with van der Waals surface area (Å²) in [6, 6.07) is 13.5. The van der Waals surface area contributed by atoms with Crippen LogP contribution in [0.25, 0.3) is 10.9 Å². The Balaban J connectivity index is 1.42. The molecule has 5 rings (SSSR count). The number of hydrogen-bond donors (Lipinski definition) is 1. The summed E-state index contributed by atoms with van der Waals surface area (Å²) in [6.07, 6.45) is 0.458. The highest BCUT2D eigenvalue weighted by atomic mass is 79.9. The van der Waals surface area contributed by atoms with E-state index in [1.807, 2.05) is 35.2 Å². The van der Waals surface area contributed by atoms with Crippen LogP contribution in [0.4, 0.5) is 0 Å². The van der Waals surface area contributed by atoms with Gasteiger partial charge in [-0.25, -0.2) is 4.79 Å². The third-order valence-corrected chi connectivity index (χ3v) is 5.91. The Hall–Kier alpha value is -2.60. The van der Waals surface area contributed by atoms with Crippen molar-refractivity contribution in [1.82, 2.24) is 9.88 Å². The van der Waals surface area contributed by atoms with Gasteiger partial charge < -0.3 is 14.6 Å². The molecule has 0 saturated heterocycles. The Kier molecular flexibility index (Phi) is 3.82. The molecule has 0 fully saturated rings. The minimum Gasteiger partial charge on any atom is -0.448 e. The van der Waals surface area contributed by atoms with Crippen molar-refractivity contribution in [3.63, 3.8) is 0 Å². The van der Waals surface area contributed by atoms with Crippen LogP contribution < -0.4 is 0 Å². The maximum absolute atomic E-state index is 13.1. The lowest BCUT2D eigenvalue weighted by molar-refractivity contribution is -0.142. The summed E-state index contributed by atoms with van der Waals surface area (Å²) in [5.41, 5.74) is 4.84. The van der Waals surface area contributed by atoms with Crippen molar-refractivity contribution in [2.24, 2.45) is 0 Å². The predicted molar refractivity (Wildman–Crippen MR) is 104 cm³/mol. The van der Waals surface area contributed by atoms with E-state index in [4.69, 9.17) is 4.74 Å². The largest absolute Gasteiger partial charge is 0.448 e. The molecule has 1 amide bonds. The van der Waals surface area contributed by atoms with Gasteiger partial charge in [0, 0.05) is 52.6 Å². The number of benzene rings is 2. The van der Waals surface area contributed by atoms with Gasteiger partial charge in [-0.1, -0.05) is 34.1 Å². The first kappa shape index (κ1) is 16.6. The minimum atomic E-state index is -0.745. The standard InChI is InChI=1S/C21H17BrN2O3/c22-13-5-6-17-15(10-13)16-11-24(8-7-18(16)23-17)20(25)19-9-12-3-1-2-4-14(12)21(26)27-19/h1-6,10,19,23H,7-9,11H2. The molecule has 27 heavy (non-hydrogen) atoms. The normalized spacial score (nSPS) is 18.8. The second kappa shape index (κ2) is 6.23. The highest BCUT2D eigenvalue weighted by molar-refractivity contribution is 9.10. The number of amides is 1. The molecule has 2 aromatic carbocycles. The predicted octanol–water partition coefficient (Wildman–Crippen LogP) is 3.60. The quantitative estimate of drug-likeness (QED) is 0.607. The Bertz CT molecular complexity index is 1090. The fourth-order valence-electron chi connectivity index (χ4n) is 4.05. The fourth-order valence-corrected chi connectivity index (χ4v) is 4.41. The molecule has 2 aliphatic heterocycles. The average Bonchev–Trinajstić information content (AvgIpc) is 3.04. The molecule has 1 unspecified atom stereocenters. The van der Waals surface area contributed by atoms with Crippen LogP contribution in [-0.2, 0) is 28.9 Å². The highest BCUT2D eigenvalue weighted by Crippen LogP contribution is 2.31. The summed E-state index contributed by atoms with van der Waals surface area (Å²) in [5, 5.41) is 1.13. The third kappa shape index (κ3) is 2.75. The van der Waals surface area contributed by atoms with Crippen LogP contribution in [0.2, 0.25) is 0 Å². The lowest BCUT2D eigenvalue weighted by atomic mass is 9.97. The number of aromatic amines is 1. The van der Waals surface area contributed by atoms with Gasteiger partial charge in [-0.2, -0.15) is 0 Å². The Labute approximate surface area is 164 Å². The van der Waals surface area contributed by atoms with E-state index in [1.165, 1.54) is 5.69 Å². The van der Waals surface area contributed by atoms with Crippen molar-refractivity contribution in [2.45, 2.75) is 25.5 Å². The van der Waals surface area contributed by atoms with E-state index < -0.39 is 12.1 Å². The molecule has 3 heterocycles. The first-order valence-electron chi connectivity index (χ1n) is 8.97. The van der Waals surface area contributed by atoms with Crippen molar-refractivity contribution in [3.05, 3.63) is 69.3 Å². The van der Waals surface area contributed by atoms with Crippen LogP contribution in [0.1, 0.15) is 27.2 Å². The number of nitrogens with one attached hydrogen (secondary N) is 1. The SMILES string of the molecule is O=C1OC(C(=O)N2CCc3[nH]c4ccc(Br)cc4c3C2)Cc2ccccc21. The van der Waals surface area contributed by atoms with E-state index in [2.05, 4.69) is 27.0 Å². The first-order chi connectivity index (χ1) is 13.1. The molecule has 5 nitrogen and oxygen atoms in total. The number of aromatic nitrogens is 1. The molecule has 2 aliphatic rings. The van der Waals surface area contributed by atoms with E-state index in [0.717, 1.165) is 32.9 Å².